The Morgan fingerprint density at radius 2 is 1.95 bits per heavy atom. The monoisotopic (exact) mass is 285 g/mol. The van der Waals surface area contributed by atoms with Gasteiger partial charge in [0.15, 0.2) is 12.2 Å². The molecule has 0 saturated heterocycles. The van der Waals surface area contributed by atoms with Gasteiger partial charge in [-0.25, -0.2) is 9.18 Å². The Hall–Kier alpha value is -2.15. The highest BCUT2D eigenvalue weighted by molar-refractivity contribution is 5.82. The molecule has 0 aliphatic heterocycles. The second-order valence-electron chi connectivity index (χ2n) is 4.00. The van der Waals surface area contributed by atoms with Crippen molar-refractivity contribution in [1.29, 1.82) is 0 Å². The number of esters is 1. The summed E-state index contributed by atoms with van der Waals surface area (Å²) in [5.74, 6) is -1.42. The van der Waals surface area contributed by atoms with Crippen LogP contribution in [0.4, 0.5) is 4.39 Å². The molecule has 6 nitrogen and oxygen atoms in total. The van der Waals surface area contributed by atoms with E-state index in [1.165, 1.54) is 31.2 Å². The molecule has 0 heterocycles. The van der Waals surface area contributed by atoms with E-state index in [4.69, 9.17) is 4.74 Å². The van der Waals surface area contributed by atoms with E-state index in [0.29, 0.717) is 5.75 Å². The van der Waals surface area contributed by atoms with E-state index in [2.05, 4.69) is 10.1 Å². The minimum absolute atomic E-state index is 0.275. The molecule has 0 fully saturated rings. The summed E-state index contributed by atoms with van der Waals surface area (Å²) < 4.78 is 22.3. The molecule has 0 spiro atoms. The van der Waals surface area contributed by atoms with Crippen LogP contribution in [0.1, 0.15) is 6.92 Å². The van der Waals surface area contributed by atoms with Crippen LogP contribution in [0, 0.1) is 5.82 Å². The molecule has 0 aliphatic carbocycles. The van der Waals surface area contributed by atoms with Gasteiger partial charge in [0.1, 0.15) is 11.6 Å². The first-order chi connectivity index (χ1) is 9.43. The van der Waals surface area contributed by atoms with Crippen molar-refractivity contribution in [2.75, 3.05) is 13.7 Å². The third-order valence-corrected chi connectivity index (χ3v) is 2.44. The summed E-state index contributed by atoms with van der Waals surface area (Å²) in [6.45, 7) is 1.21. The number of ether oxygens (including phenoxy) is 2. The zero-order valence-corrected chi connectivity index (χ0v) is 11.1. The number of halogens is 1. The molecule has 0 bridgehead atoms. The van der Waals surface area contributed by atoms with Crippen LogP contribution in [0.2, 0.25) is 0 Å². The zero-order chi connectivity index (χ0) is 15.1. The van der Waals surface area contributed by atoms with Crippen LogP contribution < -0.4 is 10.1 Å². The Kier molecular flexibility index (Phi) is 5.92. The van der Waals surface area contributed by atoms with Crippen LogP contribution in [0.15, 0.2) is 24.3 Å². The molecule has 2 unspecified atom stereocenters. The summed E-state index contributed by atoms with van der Waals surface area (Å²) in [5.41, 5.74) is 0. The molecule has 1 amide bonds. The summed E-state index contributed by atoms with van der Waals surface area (Å²) in [4.78, 5) is 22.6. The van der Waals surface area contributed by atoms with E-state index in [9.17, 15) is 19.1 Å². The van der Waals surface area contributed by atoms with Gasteiger partial charge in [-0.3, -0.25) is 4.79 Å². The SMILES string of the molecule is COC(=O)C(O)CNC(=O)C(C)Oc1ccc(F)cc1. The summed E-state index contributed by atoms with van der Waals surface area (Å²) in [6, 6.07) is 5.20. The highest BCUT2D eigenvalue weighted by atomic mass is 19.1. The van der Waals surface area contributed by atoms with Crippen LogP contribution in [0.25, 0.3) is 0 Å². The van der Waals surface area contributed by atoms with E-state index >= 15 is 0 Å². The number of carbonyl (C=O) groups is 2. The number of rotatable bonds is 6. The molecule has 1 rings (SSSR count). The third kappa shape index (κ3) is 4.85. The van der Waals surface area contributed by atoms with Gasteiger partial charge in [0, 0.05) is 0 Å². The number of hydrogen-bond donors (Lipinski definition) is 2. The maximum atomic E-state index is 12.7. The molecular weight excluding hydrogens is 269 g/mol. The van der Waals surface area contributed by atoms with Gasteiger partial charge in [-0.15, -0.1) is 0 Å². The smallest absolute Gasteiger partial charge is 0.336 e. The second kappa shape index (κ2) is 7.44. The van der Waals surface area contributed by atoms with Gasteiger partial charge >= 0.3 is 5.97 Å². The standard InChI is InChI=1S/C13H16FNO5/c1-8(20-10-5-3-9(14)4-6-10)12(17)15-7-11(16)13(18)19-2/h3-6,8,11,16H,7H2,1-2H3,(H,15,17). The van der Waals surface area contributed by atoms with Gasteiger partial charge in [-0.2, -0.15) is 0 Å². The van der Waals surface area contributed by atoms with Crippen LogP contribution in [-0.4, -0.2) is 42.8 Å². The molecule has 7 heteroatoms. The fourth-order valence-electron chi connectivity index (χ4n) is 1.33. The Bertz CT molecular complexity index is 462. The number of amides is 1. The topological polar surface area (TPSA) is 84.9 Å². The van der Waals surface area contributed by atoms with E-state index < -0.39 is 29.9 Å². The number of methoxy groups -OCH3 is 1. The summed E-state index contributed by atoms with van der Waals surface area (Å²) in [5, 5.41) is 11.6. The molecule has 0 saturated carbocycles. The maximum Gasteiger partial charge on any atom is 0.336 e. The molecule has 0 aromatic heterocycles. The first-order valence-corrected chi connectivity index (χ1v) is 5.90. The second-order valence-corrected chi connectivity index (χ2v) is 4.00. The van der Waals surface area contributed by atoms with E-state index in [0.717, 1.165) is 7.11 Å². The normalized spacial score (nSPS) is 13.2. The molecule has 20 heavy (non-hydrogen) atoms. The summed E-state index contributed by atoms with van der Waals surface area (Å²) >= 11 is 0. The van der Waals surface area contributed by atoms with Gasteiger partial charge in [0.05, 0.1) is 13.7 Å². The van der Waals surface area contributed by atoms with Crippen LogP contribution in [-0.2, 0) is 14.3 Å². The Labute approximate surface area is 115 Å². The van der Waals surface area contributed by atoms with Crippen molar-refractivity contribution < 1.29 is 28.6 Å². The average molecular weight is 285 g/mol. The van der Waals surface area contributed by atoms with Crippen LogP contribution in [0.3, 0.4) is 0 Å². The molecular formula is C13H16FNO5. The molecule has 1 aromatic rings. The lowest BCUT2D eigenvalue weighted by atomic mass is 10.3. The largest absolute Gasteiger partial charge is 0.481 e. The Morgan fingerprint density at radius 3 is 2.50 bits per heavy atom. The van der Waals surface area contributed by atoms with Crippen molar-refractivity contribution in [3.05, 3.63) is 30.1 Å². The highest BCUT2D eigenvalue weighted by Gasteiger charge is 2.19. The zero-order valence-electron chi connectivity index (χ0n) is 11.1. The lowest BCUT2D eigenvalue weighted by molar-refractivity contribution is -0.150. The average Bonchev–Trinajstić information content (AvgIpc) is 2.45. The Morgan fingerprint density at radius 1 is 1.35 bits per heavy atom. The lowest BCUT2D eigenvalue weighted by Crippen LogP contribution is -2.42. The minimum Gasteiger partial charge on any atom is -0.481 e. The molecule has 2 N–H and O–H groups in total. The predicted molar refractivity (Wildman–Crippen MR) is 67.5 cm³/mol. The fraction of sp³-hybridized carbons (Fsp3) is 0.385. The minimum atomic E-state index is -1.43. The molecule has 0 radical (unpaired) electrons. The van der Waals surface area contributed by atoms with Gasteiger partial charge in [-0.1, -0.05) is 0 Å². The fourth-order valence-corrected chi connectivity index (χ4v) is 1.33. The Balaban J connectivity index is 2.43. The van der Waals surface area contributed by atoms with Gasteiger partial charge in [-0.05, 0) is 31.2 Å². The number of hydrogen-bond acceptors (Lipinski definition) is 5. The quantitative estimate of drug-likeness (QED) is 0.732. The third-order valence-electron chi connectivity index (χ3n) is 2.44. The number of aliphatic hydroxyl groups is 1. The first kappa shape index (κ1) is 15.9. The van der Waals surface area contributed by atoms with Crippen molar-refractivity contribution >= 4 is 11.9 Å². The molecule has 110 valence electrons. The van der Waals surface area contributed by atoms with Crippen molar-refractivity contribution in [2.24, 2.45) is 0 Å². The van der Waals surface area contributed by atoms with E-state index in [-0.39, 0.29) is 6.54 Å². The number of aliphatic hydroxyl groups excluding tert-OH is 1. The van der Waals surface area contributed by atoms with Crippen molar-refractivity contribution in [3.63, 3.8) is 0 Å². The van der Waals surface area contributed by atoms with Gasteiger partial charge in [0.2, 0.25) is 0 Å². The van der Waals surface area contributed by atoms with Gasteiger partial charge in [0.25, 0.3) is 5.91 Å². The summed E-state index contributed by atoms with van der Waals surface area (Å²) in [6.07, 6.45) is -2.28. The van der Waals surface area contributed by atoms with Crippen LogP contribution in [0.5, 0.6) is 5.75 Å². The molecule has 1 aromatic carbocycles. The predicted octanol–water partition coefficient (Wildman–Crippen LogP) is 0.243. The van der Waals surface area contributed by atoms with E-state index in [1.807, 2.05) is 0 Å². The van der Waals surface area contributed by atoms with Crippen LogP contribution >= 0.6 is 0 Å². The van der Waals surface area contributed by atoms with Crippen molar-refractivity contribution in [1.82, 2.24) is 5.32 Å². The van der Waals surface area contributed by atoms with Crippen molar-refractivity contribution in [2.45, 2.75) is 19.1 Å². The van der Waals surface area contributed by atoms with Crippen molar-refractivity contribution in [3.8, 4) is 5.75 Å². The van der Waals surface area contributed by atoms with Gasteiger partial charge < -0.3 is 19.9 Å². The lowest BCUT2D eigenvalue weighted by Gasteiger charge is -2.15. The number of nitrogens with one attached hydrogen (secondary N) is 1. The number of benzene rings is 1. The van der Waals surface area contributed by atoms with E-state index in [1.54, 1.807) is 0 Å². The molecule has 2 atom stereocenters. The first-order valence-electron chi connectivity index (χ1n) is 5.90. The number of carbonyl (C=O) groups excluding carboxylic acids is 2. The maximum absolute atomic E-state index is 12.7. The summed E-state index contributed by atoms with van der Waals surface area (Å²) in [7, 11) is 1.13. The highest BCUT2D eigenvalue weighted by Crippen LogP contribution is 2.12. The molecule has 0 aliphatic rings.